The van der Waals surface area contributed by atoms with Crippen molar-refractivity contribution in [1.29, 1.82) is 0 Å². The van der Waals surface area contributed by atoms with Crippen molar-refractivity contribution in [3.05, 3.63) is 35.5 Å². The summed E-state index contributed by atoms with van der Waals surface area (Å²) in [4.78, 5) is 10.8. The number of benzene rings is 1. The third kappa shape index (κ3) is 3.04. The Morgan fingerprint density at radius 2 is 2.05 bits per heavy atom. The summed E-state index contributed by atoms with van der Waals surface area (Å²) in [5.74, 6) is -1.18. The Kier molecular flexibility index (Phi) is 3.98. The Bertz CT molecular complexity index is 673. The van der Waals surface area contributed by atoms with E-state index in [1.54, 1.807) is 17.7 Å². The van der Waals surface area contributed by atoms with E-state index in [0.717, 1.165) is 17.7 Å². The Morgan fingerprint density at radius 3 is 2.57 bits per heavy atom. The molecule has 1 heterocycles. The lowest BCUT2D eigenvalue weighted by atomic mass is 9.97. The number of carbonyl (C=O) groups is 1. The highest BCUT2D eigenvalue weighted by Gasteiger charge is 2.31. The van der Waals surface area contributed by atoms with Crippen molar-refractivity contribution < 1.29 is 23.1 Å². The van der Waals surface area contributed by atoms with Gasteiger partial charge in [0.05, 0.1) is 12.0 Å². The molecule has 0 spiro atoms. The molecule has 0 amide bonds. The number of hydrogen-bond acceptors (Lipinski definition) is 1. The first-order valence-corrected chi connectivity index (χ1v) is 6.65. The number of hydrogen-bond donors (Lipinski definition) is 1. The number of carboxylic acid groups (broad SMARTS) is 1. The monoisotopic (exact) mass is 299 g/mol. The number of aryl methyl sites for hydroxylation is 1. The molecule has 114 valence electrons. The van der Waals surface area contributed by atoms with Crippen LogP contribution in [-0.4, -0.2) is 15.6 Å². The molecule has 1 unspecified atom stereocenters. The number of halogens is 3. The van der Waals surface area contributed by atoms with Gasteiger partial charge in [-0.15, -0.1) is 0 Å². The highest BCUT2D eigenvalue weighted by atomic mass is 19.4. The van der Waals surface area contributed by atoms with Crippen LogP contribution in [0.25, 0.3) is 10.9 Å². The fraction of sp³-hybridized carbons (Fsp3) is 0.400. The second-order valence-corrected chi connectivity index (χ2v) is 5.10. The van der Waals surface area contributed by atoms with Crippen LogP contribution >= 0.6 is 0 Å². The van der Waals surface area contributed by atoms with Gasteiger partial charge >= 0.3 is 12.1 Å². The molecule has 1 atom stereocenters. The summed E-state index contributed by atoms with van der Waals surface area (Å²) in [6.45, 7) is 4.13. The zero-order chi connectivity index (χ0) is 15.8. The van der Waals surface area contributed by atoms with Crippen LogP contribution in [0.3, 0.4) is 0 Å². The molecule has 0 bridgehead atoms. The van der Waals surface area contributed by atoms with Gasteiger partial charge in [0.2, 0.25) is 0 Å². The highest BCUT2D eigenvalue weighted by Crippen LogP contribution is 2.35. The average Bonchev–Trinajstić information content (AvgIpc) is 2.74. The molecular formula is C15H16F3NO2. The Morgan fingerprint density at radius 1 is 1.38 bits per heavy atom. The van der Waals surface area contributed by atoms with Crippen LogP contribution in [0.2, 0.25) is 0 Å². The van der Waals surface area contributed by atoms with E-state index in [1.165, 1.54) is 6.07 Å². The lowest BCUT2D eigenvalue weighted by Gasteiger charge is -2.09. The highest BCUT2D eigenvalue weighted by molar-refractivity contribution is 5.86. The summed E-state index contributed by atoms with van der Waals surface area (Å²) in [6.07, 6.45) is -2.69. The molecule has 0 fully saturated rings. The molecule has 1 N–H and O–H groups in total. The van der Waals surface area contributed by atoms with Crippen LogP contribution in [0.1, 0.15) is 37.3 Å². The number of aromatic nitrogens is 1. The van der Waals surface area contributed by atoms with Crippen LogP contribution in [0.4, 0.5) is 13.2 Å². The quantitative estimate of drug-likeness (QED) is 0.916. The topological polar surface area (TPSA) is 42.2 Å². The number of alkyl halides is 3. The molecule has 0 saturated carbocycles. The van der Waals surface area contributed by atoms with Gasteiger partial charge in [0.1, 0.15) is 0 Å². The maximum atomic E-state index is 12.8. The first kappa shape index (κ1) is 15.4. The van der Waals surface area contributed by atoms with Crippen LogP contribution in [0.15, 0.2) is 24.4 Å². The van der Waals surface area contributed by atoms with E-state index in [2.05, 4.69) is 0 Å². The van der Waals surface area contributed by atoms with E-state index in [4.69, 9.17) is 5.11 Å². The number of nitrogens with zero attached hydrogens (tertiary/aromatic N) is 1. The van der Waals surface area contributed by atoms with Gasteiger partial charge in [0.15, 0.2) is 0 Å². The van der Waals surface area contributed by atoms with Crippen LogP contribution in [-0.2, 0) is 17.5 Å². The number of rotatable bonds is 4. The molecule has 0 saturated heterocycles. The Labute approximate surface area is 120 Å². The zero-order valence-corrected chi connectivity index (χ0v) is 11.7. The summed E-state index contributed by atoms with van der Waals surface area (Å²) >= 11 is 0. The normalized spacial score (nSPS) is 13.6. The van der Waals surface area contributed by atoms with Gasteiger partial charge in [-0.1, -0.05) is 13.0 Å². The lowest BCUT2D eigenvalue weighted by Crippen LogP contribution is -2.05. The SMILES string of the molecule is CCn1cc(C(C)CC(=O)O)c2ccc(C(F)(F)F)cc21. The van der Waals surface area contributed by atoms with E-state index < -0.39 is 17.7 Å². The van der Waals surface area contributed by atoms with E-state index in [-0.39, 0.29) is 12.3 Å². The van der Waals surface area contributed by atoms with Crippen LogP contribution < -0.4 is 0 Å². The van der Waals surface area contributed by atoms with Crippen molar-refractivity contribution in [3.63, 3.8) is 0 Å². The minimum atomic E-state index is -4.39. The second-order valence-electron chi connectivity index (χ2n) is 5.10. The van der Waals surface area contributed by atoms with Crippen LogP contribution in [0.5, 0.6) is 0 Å². The third-order valence-corrected chi connectivity index (χ3v) is 3.59. The summed E-state index contributed by atoms with van der Waals surface area (Å²) in [6, 6.07) is 3.59. The van der Waals surface area contributed by atoms with Crippen molar-refractivity contribution in [2.24, 2.45) is 0 Å². The fourth-order valence-corrected chi connectivity index (χ4v) is 2.52. The van der Waals surface area contributed by atoms with Gasteiger partial charge in [-0.25, -0.2) is 0 Å². The first-order chi connectivity index (χ1) is 9.74. The molecule has 0 aliphatic heterocycles. The minimum absolute atomic E-state index is 0.0517. The number of aliphatic carboxylic acids is 1. The van der Waals surface area contributed by atoms with E-state index >= 15 is 0 Å². The molecule has 1 aromatic heterocycles. The summed E-state index contributed by atoms with van der Waals surface area (Å²) < 4.78 is 40.1. The smallest absolute Gasteiger partial charge is 0.416 e. The van der Waals surface area contributed by atoms with Crippen molar-refractivity contribution in [2.75, 3.05) is 0 Å². The minimum Gasteiger partial charge on any atom is -0.481 e. The predicted molar refractivity (Wildman–Crippen MR) is 73.3 cm³/mol. The molecule has 1 aromatic carbocycles. The summed E-state index contributed by atoms with van der Waals surface area (Å²) in [7, 11) is 0. The van der Waals surface area contributed by atoms with Gasteiger partial charge in [0, 0.05) is 23.6 Å². The van der Waals surface area contributed by atoms with Crippen molar-refractivity contribution >= 4 is 16.9 Å². The van der Waals surface area contributed by atoms with E-state index in [9.17, 15) is 18.0 Å². The van der Waals surface area contributed by atoms with Gasteiger partial charge in [-0.2, -0.15) is 13.2 Å². The Hall–Kier alpha value is -1.98. The van der Waals surface area contributed by atoms with Crippen molar-refractivity contribution in [1.82, 2.24) is 4.57 Å². The van der Waals surface area contributed by atoms with E-state index in [0.29, 0.717) is 17.4 Å². The maximum Gasteiger partial charge on any atom is 0.416 e. The molecule has 2 aromatic rings. The molecule has 0 aliphatic carbocycles. The van der Waals surface area contributed by atoms with Crippen molar-refractivity contribution in [2.45, 2.75) is 38.9 Å². The summed E-state index contributed by atoms with van der Waals surface area (Å²) in [5.41, 5.74) is 0.558. The van der Waals surface area contributed by atoms with Crippen LogP contribution in [0, 0.1) is 0 Å². The summed E-state index contributed by atoms with van der Waals surface area (Å²) in [5, 5.41) is 9.56. The molecule has 2 rings (SSSR count). The van der Waals surface area contributed by atoms with E-state index in [1.807, 2.05) is 6.92 Å². The molecule has 3 nitrogen and oxygen atoms in total. The molecule has 0 radical (unpaired) electrons. The first-order valence-electron chi connectivity index (χ1n) is 6.65. The standard InChI is InChI=1S/C15H16F3NO2/c1-3-19-8-12(9(2)6-14(20)21)11-5-4-10(7-13(11)19)15(16,17)18/h4-5,7-9H,3,6H2,1-2H3,(H,20,21). The van der Waals surface area contributed by atoms with Gasteiger partial charge in [0.25, 0.3) is 0 Å². The van der Waals surface area contributed by atoms with Crippen molar-refractivity contribution in [3.8, 4) is 0 Å². The Balaban J connectivity index is 2.57. The van der Waals surface area contributed by atoms with Gasteiger partial charge in [-0.05, 0) is 30.5 Å². The fourth-order valence-electron chi connectivity index (χ4n) is 2.52. The third-order valence-electron chi connectivity index (χ3n) is 3.59. The number of fused-ring (bicyclic) bond motifs is 1. The van der Waals surface area contributed by atoms with Gasteiger partial charge in [-0.3, -0.25) is 4.79 Å². The largest absolute Gasteiger partial charge is 0.481 e. The molecule has 6 heteroatoms. The lowest BCUT2D eigenvalue weighted by molar-refractivity contribution is -0.138. The molecule has 21 heavy (non-hydrogen) atoms. The number of carboxylic acids is 1. The maximum absolute atomic E-state index is 12.8. The zero-order valence-electron chi connectivity index (χ0n) is 11.7. The molecular weight excluding hydrogens is 283 g/mol. The molecule has 0 aliphatic rings. The van der Waals surface area contributed by atoms with Gasteiger partial charge < -0.3 is 9.67 Å². The second kappa shape index (κ2) is 5.42. The predicted octanol–water partition coefficient (Wildman–Crippen LogP) is 4.26. The average molecular weight is 299 g/mol.